The first kappa shape index (κ1) is 45.8. The van der Waals surface area contributed by atoms with Crippen LogP contribution in [-0.4, -0.2) is 22.2 Å². The Balaban J connectivity index is 0. The molecule has 0 fully saturated rings. The van der Waals surface area contributed by atoms with E-state index in [1.807, 2.05) is 0 Å². The van der Waals surface area contributed by atoms with Gasteiger partial charge in [-0.05, 0) is 57.8 Å². The summed E-state index contributed by atoms with van der Waals surface area (Å²) in [4.78, 5) is 20.8. The molecule has 0 atom stereocenters. The van der Waals surface area contributed by atoms with Gasteiger partial charge in [-0.2, -0.15) is 0 Å². The van der Waals surface area contributed by atoms with E-state index in [0.29, 0.717) is 12.8 Å². The minimum Gasteiger partial charge on any atom is -0.481 e. The Morgan fingerprint density at radius 2 is 0.739 bits per heavy atom. The first-order valence-corrected chi connectivity index (χ1v) is 18.5. The lowest BCUT2D eigenvalue weighted by Gasteiger charge is -2.20. The Hall–Kier alpha value is -2.36. The van der Waals surface area contributed by atoms with Crippen LogP contribution in [0, 0.1) is 16.2 Å². The maximum absolute atomic E-state index is 10.4. The highest BCUT2D eigenvalue weighted by Gasteiger charge is 2.13. The zero-order chi connectivity index (χ0) is 35.2. The molecule has 4 nitrogen and oxygen atoms in total. The van der Waals surface area contributed by atoms with Gasteiger partial charge in [0.15, 0.2) is 0 Å². The minimum absolute atomic E-state index is 0.0822. The zero-order valence-corrected chi connectivity index (χ0v) is 31.4. The number of unbranched alkanes of at least 4 members (excludes halogenated alkanes) is 13. The molecule has 0 saturated heterocycles. The number of hydrogen-bond donors (Lipinski definition) is 2. The molecule has 46 heavy (non-hydrogen) atoms. The van der Waals surface area contributed by atoms with E-state index in [2.05, 4.69) is 116 Å². The lowest BCUT2D eigenvalue weighted by Crippen LogP contribution is -2.07. The Morgan fingerprint density at radius 1 is 0.435 bits per heavy atom. The molecule has 0 amide bonds. The van der Waals surface area contributed by atoms with Crippen molar-refractivity contribution in [3.05, 3.63) is 60.8 Å². The van der Waals surface area contributed by atoms with Gasteiger partial charge in [-0.25, -0.2) is 0 Å². The van der Waals surface area contributed by atoms with Gasteiger partial charge in [0.1, 0.15) is 0 Å². The number of rotatable bonds is 27. The molecule has 0 aliphatic heterocycles. The van der Waals surface area contributed by atoms with Gasteiger partial charge in [-0.3, -0.25) is 9.59 Å². The molecule has 0 aromatic rings. The van der Waals surface area contributed by atoms with Crippen molar-refractivity contribution in [2.24, 2.45) is 16.2 Å². The van der Waals surface area contributed by atoms with Crippen LogP contribution in [-0.2, 0) is 9.59 Å². The molecule has 0 aliphatic rings. The third-order valence-corrected chi connectivity index (χ3v) is 7.87. The average molecular weight is 643 g/mol. The van der Waals surface area contributed by atoms with Gasteiger partial charge in [0.05, 0.1) is 0 Å². The van der Waals surface area contributed by atoms with E-state index in [4.69, 9.17) is 10.2 Å². The van der Waals surface area contributed by atoms with Gasteiger partial charge in [0.25, 0.3) is 0 Å². The average Bonchev–Trinajstić information content (AvgIpc) is 2.97. The summed E-state index contributed by atoms with van der Waals surface area (Å²) in [6.07, 6.45) is 42.8. The largest absolute Gasteiger partial charge is 0.481 e. The summed E-state index contributed by atoms with van der Waals surface area (Å²) in [5.41, 5.74) is 0.351. The lowest BCUT2D eigenvalue weighted by molar-refractivity contribution is -0.138. The number of carboxylic acids is 2. The van der Waals surface area contributed by atoms with Gasteiger partial charge in [-0.15, -0.1) is 0 Å². The summed E-state index contributed by atoms with van der Waals surface area (Å²) in [5.74, 6) is -1.35. The van der Waals surface area contributed by atoms with Gasteiger partial charge in [0, 0.05) is 29.1 Å². The van der Waals surface area contributed by atoms with Crippen LogP contribution in [0.5, 0.6) is 0 Å². The molecule has 2 N–H and O–H groups in total. The van der Waals surface area contributed by atoms with Gasteiger partial charge in [0.2, 0.25) is 0 Å². The Bertz CT molecular complexity index is 899. The van der Waals surface area contributed by atoms with Crippen LogP contribution < -0.4 is 0 Å². The Labute approximate surface area is 285 Å². The fourth-order valence-corrected chi connectivity index (χ4v) is 4.83. The Morgan fingerprint density at radius 3 is 1.09 bits per heavy atom. The highest BCUT2D eigenvalue weighted by Crippen LogP contribution is 2.26. The highest BCUT2D eigenvalue weighted by atomic mass is 16.4. The second kappa shape index (κ2) is 28.8. The SMILES string of the molecule is CC/C=C\C(C)(C)/C=C\C(C)(C)/C=C\CCCCCCCC(=O)O.CCCCC/C=C\C(C)(C)/C=C\CCCCCCCC(=O)O. The normalized spacial score (nSPS) is 13.0. The van der Waals surface area contributed by atoms with Crippen molar-refractivity contribution in [1.29, 1.82) is 0 Å². The van der Waals surface area contributed by atoms with Crippen molar-refractivity contribution in [2.75, 3.05) is 0 Å². The summed E-state index contributed by atoms with van der Waals surface area (Å²) in [7, 11) is 0. The number of hydrogen-bond acceptors (Lipinski definition) is 2. The van der Waals surface area contributed by atoms with Crippen molar-refractivity contribution in [1.82, 2.24) is 0 Å². The predicted octanol–water partition coefficient (Wildman–Crippen LogP) is 13.5. The van der Waals surface area contributed by atoms with E-state index >= 15 is 0 Å². The minimum atomic E-state index is -0.679. The van der Waals surface area contributed by atoms with Crippen molar-refractivity contribution in [2.45, 2.75) is 177 Å². The third-order valence-electron chi connectivity index (χ3n) is 7.87. The molecule has 0 rings (SSSR count). The van der Waals surface area contributed by atoms with Gasteiger partial charge >= 0.3 is 11.9 Å². The van der Waals surface area contributed by atoms with Crippen LogP contribution in [0.4, 0.5) is 0 Å². The third kappa shape index (κ3) is 36.1. The van der Waals surface area contributed by atoms with E-state index in [1.54, 1.807) is 0 Å². The molecule has 266 valence electrons. The molecule has 0 aromatic heterocycles. The zero-order valence-electron chi connectivity index (χ0n) is 31.4. The summed E-state index contributed by atoms with van der Waals surface area (Å²) in [6.45, 7) is 17.9. The molecular formula is C42H74O4. The first-order valence-electron chi connectivity index (χ1n) is 18.5. The molecular weight excluding hydrogens is 568 g/mol. The summed E-state index contributed by atoms with van der Waals surface area (Å²) < 4.78 is 0. The number of allylic oxidation sites excluding steroid dienone is 10. The van der Waals surface area contributed by atoms with Gasteiger partial charge in [-0.1, -0.05) is 168 Å². The fourth-order valence-electron chi connectivity index (χ4n) is 4.83. The summed E-state index contributed by atoms with van der Waals surface area (Å²) in [6, 6.07) is 0. The van der Waals surface area contributed by atoms with Gasteiger partial charge < -0.3 is 10.2 Å². The predicted molar refractivity (Wildman–Crippen MR) is 201 cm³/mol. The smallest absolute Gasteiger partial charge is 0.303 e. The molecule has 0 aliphatic carbocycles. The highest BCUT2D eigenvalue weighted by molar-refractivity contribution is 5.66. The van der Waals surface area contributed by atoms with Crippen molar-refractivity contribution < 1.29 is 19.8 Å². The van der Waals surface area contributed by atoms with Crippen molar-refractivity contribution >= 4 is 11.9 Å². The van der Waals surface area contributed by atoms with Crippen molar-refractivity contribution in [3.63, 3.8) is 0 Å². The molecule has 0 heterocycles. The number of carboxylic acid groups (broad SMARTS) is 2. The van der Waals surface area contributed by atoms with E-state index < -0.39 is 11.9 Å². The van der Waals surface area contributed by atoms with Crippen molar-refractivity contribution in [3.8, 4) is 0 Å². The van der Waals surface area contributed by atoms with E-state index in [9.17, 15) is 9.59 Å². The van der Waals surface area contributed by atoms with E-state index in [1.165, 1.54) is 51.4 Å². The maximum Gasteiger partial charge on any atom is 0.303 e. The topological polar surface area (TPSA) is 74.6 Å². The van der Waals surface area contributed by atoms with Crippen LogP contribution >= 0.6 is 0 Å². The first-order chi connectivity index (χ1) is 21.7. The molecule has 0 spiro atoms. The van der Waals surface area contributed by atoms with Crippen LogP contribution in [0.1, 0.15) is 177 Å². The van der Waals surface area contributed by atoms with Crippen LogP contribution in [0.15, 0.2) is 60.8 Å². The standard InChI is InChI=1S/C22H38O2.C20H36O2/c1-6-7-16-21(2,3)18-19-22(4,5)17-14-12-10-8-9-11-13-15-20(23)24;1-4-5-6-11-14-17-20(2,3)18-15-12-9-7-8-10-13-16-19(21)22/h7,14,16-19H,6,8-13,15H2,1-5H3,(H,23,24);14-15,17-18H,4-13,16H2,1-3H3,(H,21,22)/b16-7-,17-14-,19-18-;17-14-,18-15-. The summed E-state index contributed by atoms with van der Waals surface area (Å²) >= 11 is 0. The van der Waals surface area contributed by atoms with E-state index in [0.717, 1.165) is 57.8 Å². The molecule has 0 radical (unpaired) electrons. The molecule has 0 bridgehead atoms. The van der Waals surface area contributed by atoms with Crippen LogP contribution in [0.25, 0.3) is 0 Å². The maximum atomic E-state index is 10.4. The van der Waals surface area contributed by atoms with Crippen LogP contribution in [0.2, 0.25) is 0 Å². The second-order valence-electron chi connectivity index (χ2n) is 14.7. The Kier molecular flexibility index (Phi) is 28.7. The summed E-state index contributed by atoms with van der Waals surface area (Å²) in [5, 5.41) is 17.1. The monoisotopic (exact) mass is 643 g/mol. The van der Waals surface area contributed by atoms with Crippen LogP contribution in [0.3, 0.4) is 0 Å². The molecule has 0 unspecified atom stereocenters. The van der Waals surface area contributed by atoms with E-state index in [-0.39, 0.29) is 16.2 Å². The quantitative estimate of drug-likeness (QED) is 0.0690. The fraction of sp³-hybridized carbons (Fsp3) is 0.714. The molecule has 4 heteroatoms. The number of aliphatic carboxylic acids is 2. The second-order valence-corrected chi connectivity index (χ2v) is 14.7. The lowest BCUT2D eigenvalue weighted by atomic mass is 9.85. The molecule has 0 saturated carbocycles. The number of carbonyl (C=O) groups is 2. The molecule has 0 aromatic carbocycles.